The lowest BCUT2D eigenvalue weighted by Gasteiger charge is -2.15. The van der Waals surface area contributed by atoms with Gasteiger partial charge in [0.2, 0.25) is 0 Å². The van der Waals surface area contributed by atoms with Crippen molar-refractivity contribution in [3.05, 3.63) is 27.7 Å². The first kappa shape index (κ1) is 11.7. The molecule has 0 saturated heterocycles. The Hall–Kier alpha value is -0.750. The molecule has 2 N–H and O–H groups in total. The highest BCUT2D eigenvalue weighted by Gasteiger charge is 2.44. The third kappa shape index (κ3) is 1.91. The summed E-state index contributed by atoms with van der Waals surface area (Å²) in [6.45, 7) is 0. The number of rotatable bonds is 1. The van der Waals surface area contributed by atoms with Crippen LogP contribution in [0.25, 0.3) is 0 Å². The topological polar surface area (TPSA) is 40.5 Å². The van der Waals surface area contributed by atoms with E-state index in [4.69, 9.17) is 0 Å². The Morgan fingerprint density at radius 2 is 1.81 bits per heavy atom. The molecule has 1 aliphatic carbocycles. The van der Waals surface area contributed by atoms with E-state index in [1.807, 2.05) is 0 Å². The first-order chi connectivity index (χ1) is 7.24. The normalized spacial score (nSPS) is 18.6. The molecular weight excluding hydrogens is 289 g/mol. The Balaban J connectivity index is 2.56. The van der Waals surface area contributed by atoms with Gasteiger partial charge in [-0.25, -0.2) is 0 Å². The Bertz CT molecular complexity index is 438. The lowest BCUT2D eigenvalue weighted by Crippen LogP contribution is -2.10. The van der Waals surface area contributed by atoms with Gasteiger partial charge in [0.25, 0.3) is 0 Å². The Morgan fingerprint density at radius 3 is 2.25 bits per heavy atom. The van der Waals surface area contributed by atoms with Crippen molar-refractivity contribution in [1.29, 1.82) is 0 Å². The zero-order chi connectivity index (χ0) is 12.1. The van der Waals surface area contributed by atoms with Gasteiger partial charge in [0.05, 0.1) is 15.6 Å². The van der Waals surface area contributed by atoms with Gasteiger partial charge in [-0.2, -0.15) is 13.2 Å². The number of phenolic OH excluding ortho intramolecular Hbond substituents is 1. The van der Waals surface area contributed by atoms with Crippen molar-refractivity contribution in [2.75, 3.05) is 0 Å². The molecular formula is C10H8BrF3O2. The molecule has 0 aliphatic heterocycles. The molecule has 0 heterocycles. The summed E-state index contributed by atoms with van der Waals surface area (Å²) in [4.78, 5) is 0. The molecule has 16 heavy (non-hydrogen) atoms. The number of benzene rings is 1. The fraction of sp³-hybridized carbons (Fsp3) is 0.400. The summed E-state index contributed by atoms with van der Waals surface area (Å²) >= 11 is 2.85. The quantitative estimate of drug-likeness (QED) is 0.836. The van der Waals surface area contributed by atoms with Gasteiger partial charge in [0.15, 0.2) is 0 Å². The molecule has 0 aromatic heterocycles. The van der Waals surface area contributed by atoms with Gasteiger partial charge in [-0.15, -0.1) is 0 Å². The van der Waals surface area contributed by atoms with Crippen LogP contribution in [0.15, 0.2) is 16.6 Å². The molecule has 0 unspecified atom stereocenters. The Morgan fingerprint density at radius 1 is 1.25 bits per heavy atom. The van der Waals surface area contributed by atoms with E-state index in [1.165, 1.54) is 6.07 Å². The van der Waals surface area contributed by atoms with Crippen LogP contribution in [0, 0.1) is 0 Å². The predicted molar refractivity (Wildman–Crippen MR) is 53.9 cm³/mol. The van der Waals surface area contributed by atoms with Crippen molar-refractivity contribution in [2.24, 2.45) is 0 Å². The molecule has 0 atom stereocenters. The number of phenols is 1. The molecule has 0 bridgehead atoms. The zero-order valence-corrected chi connectivity index (χ0v) is 9.56. The van der Waals surface area contributed by atoms with Crippen molar-refractivity contribution in [2.45, 2.75) is 24.6 Å². The standard InChI is InChI=1S/C10H8BrF3O2/c11-7-4-5(9(16)1-2-9)3-6(8(7)15)10(12,13)14/h3-4,15-16H,1-2H2. The summed E-state index contributed by atoms with van der Waals surface area (Å²) in [5.74, 6) is -0.847. The van der Waals surface area contributed by atoms with E-state index in [0.717, 1.165) is 6.07 Å². The summed E-state index contributed by atoms with van der Waals surface area (Å²) in [6.07, 6.45) is -3.74. The molecule has 88 valence electrons. The van der Waals surface area contributed by atoms with E-state index in [2.05, 4.69) is 15.9 Å². The minimum Gasteiger partial charge on any atom is -0.506 e. The lowest BCUT2D eigenvalue weighted by atomic mass is 10.0. The molecule has 0 amide bonds. The second-order valence-electron chi connectivity index (χ2n) is 3.88. The summed E-state index contributed by atoms with van der Waals surface area (Å²) in [7, 11) is 0. The van der Waals surface area contributed by atoms with Gasteiger partial charge >= 0.3 is 6.18 Å². The third-order valence-corrected chi connectivity index (χ3v) is 3.23. The summed E-state index contributed by atoms with van der Waals surface area (Å²) in [5, 5.41) is 19.0. The lowest BCUT2D eigenvalue weighted by molar-refractivity contribution is -0.138. The maximum absolute atomic E-state index is 12.6. The van der Waals surface area contributed by atoms with E-state index >= 15 is 0 Å². The Labute approximate surface area is 97.8 Å². The van der Waals surface area contributed by atoms with Gasteiger partial charge in [0.1, 0.15) is 5.75 Å². The third-order valence-electron chi connectivity index (χ3n) is 2.63. The molecule has 1 aromatic rings. The van der Waals surface area contributed by atoms with E-state index < -0.39 is 23.1 Å². The van der Waals surface area contributed by atoms with Crippen LogP contribution in [-0.4, -0.2) is 10.2 Å². The molecule has 2 nitrogen and oxygen atoms in total. The highest BCUT2D eigenvalue weighted by atomic mass is 79.9. The van der Waals surface area contributed by atoms with Crippen LogP contribution in [0.4, 0.5) is 13.2 Å². The predicted octanol–water partition coefficient (Wildman–Crippen LogP) is 3.15. The van der Waals surface area contributed by atoms with Gasteiger partial charge in [-0.05, 0) is 46.5 Å². The highest BCUT2D eigenvalue weighted by molar-refractivity contribution is 9.10. The van der Waals surface area contributed by atoms with E-state index in [1.54, 1.807) is 0 Å². The van der Waals surface area contributed by atoms with Crippen LogP contribution in [-0.2, 0) is 11.8 Å². The number of aliphatic hydroxyl groups is 1. The molecule has 1 aliphatic rings. The van der Waals surface area contributed by atoms with Crippen LogP contribution in [0.2, 0.25) is 0 Å². The first-order valence-electron chi connectivity index (χ1n) is 4.56. The Kier molecular flexibility index (Phi) is 2.47. The molecule has 1 fully saturated rings. The molecule has 6 heteroatoms. The highest BCUT2D eigenvalue weighted by Crippen LogP contribution is 2.49. The van der Waals surface area contributed by atoms with Gasteiger partial charge in [0, 0.05) is 0 Å². The zero-order valence-electron chi connectivity index (χ0n) is 7.98. The minimum atomic E-state index is -4.63. The number of hydrogen-bond acceptors (Lipinski definition) is 2. The second-order valence-corrected chi connectivity index (χ2v) is 4.74. The van der Waals surface area contributed by atoms with Crippen LogP contribution in [0.1, 0.15) is 24.0 Å². The average Bonchev–Trinajstić information content (AvgIpc) is 2.87. The van der Waals surface area contributed by atoms with Gasteiger partial charge in [-0.1, -0.05) is 0 Å². The first-order valence-corrected chi connectivity index (χ1v) is 5.36. The monoisotopic (exact) mass is 296 g/mol. The summed E-state index contributed by atoms with van der Waals surface area (Å²) in [5.41, 5.74) is -2.10. The SMILES string of the molecule is Oc1c(Br)cc(C2(O)CC2)cc1C(F)(F)F. The molecule has 2 rings (SSSR count). The van der Waals surface area contributed by atoms with Crippen molar-refractivity contribution in [3.8, 4) is 5.75 Å². The fourth-order valence-corrected chi connectivity index (χ4v) is 1.95. The minimum absolute atomic E-state index is 0.0577. The van der Waals surface area contributed by atoms with Crippen LogP contribution in [0.5, 0.6) is 5.75 Å². The smallest absolute Gasteiger partial charge is 0.420 e. The summed E-state index contributed by atoms with van der Waals surface area (Å²) < 4.78 is 37.6. The van der Waals surface area contributed by atoms with E-state index in [-0.39, 0.29) is 10.0 Å². The summed E-state index contributed by atoms with van der Waals surface area (Å²) in [6, 6.07) is 2.12. The molecule has 0 radical (unpaired) electrons. The van der Waals surface area contributed by atoms with Crippen molar-refractivity contribution in [1.82, 2.24) is 0 Å². The fourth-order valence-electron chi connectivity index (χ4n) is 1.49. The van der Waals surface area contributed by atoms with Gasteiger partial charge < -0.3 is 10.2 Å². The maximum atomic E-state index is 12.6. The second kappa shape index (κ2) is 3.37. The van der Waals surface area contributed by atoms with Crippen molar-refractivity contribution < 1.29 is 23.4 Å². The molecule has 1 aromatic carbocycles. The van der Waals surface area contributed by atoms with Crippen LogP contribution >= 0.6 is 15.9 Å². The van der Waals surface area contributed by atoms with E-state index in [9.17, 15) is 23.4 Å². The van der Waals surface area contributed by atoms with Crippen LogP contribution in [0.3, 0.4) is 0 Å². The van der Waals surface area contributed by atoms with E-state index in [0.29, 0.717) is 12.8 Å². The molecule has 1 saturated carbocycles. The van der Waals surface area contributed by atoms with Crippen LogP contribution < -0.4 is 0 Å². The number of aromatic hydroxyl groups is 1. The van der Waals surface area contributed by atoms with Crippen molar-refractivity contribution in [3.63, 3.8) is 0 Å². The molecule has 0 spiro atoms. The number of hydrogen-bond donors (Lipinski definition) is 2. The number of alkyl halides is 3. The average molecular weight is 297 g/mol. The number of halogens is 4. The maximum Gasteiger partial charge on any atom is 0.420 e. The largest absolute Gasteiger partial charge is 0.506 e. The van der Waals surface area contributed by atoms with Gasteiger partial charge in [-0.3, -0.25) is 0 Å². The van der Waals surface area contributed by atoms with Crippen molar-refractivity contribution >= 4 is 15.9 Å².